The first-order valence-electron chi connectivity index (χ1n) is 14.7. The highest BCUT2D eigenvalue weighted by atomic mass is 16.3. The molecule has 0 heterocycles. The number of nitrogens with one attached hydrogen (secondary N) is 4. The predicted molar refractivity (Wildman–Crippen MR) is 167 cm³/mol. The Bertz CT molecular complexity index is 1310. The molecule has 2 aromatic rings. The summed E-state index contributed by atoms with van der Waals surface area (Å²) in [4.78, 5) is 63.8. The number of aromatic hydroxyl groups is 1. The maximum atomic E-state index is 13.3. The summed E-state index contributed by atoms with van der Waals surface area (Å²) in [6, 6.07) is 8.34. The van der Waals surface area contributed by atoms with Crippen LogP contribution in [0.3, 0.4) is 0 Å². The molecule has 0 spiro atoms. The van der Waals surface area contributed by atoms with Crippen LogP contribution in [0.1, 0.15) is 49.9 Å². The summed E-state index contributed by atoms with van der Waals surface area (Å²) in [5, 5.41) is 20.3. The fraction of sp³-hybridized carbons (Fsp3) is 0.469. The fourth-order valence-electron chi connectivity index (χ4n) is 4.80. The number of hydrogen-bond acceptors (Lipinski definition) is 7. The average molecular weight is 611 g/mol. The lowest BCUT2D eigenvalue weighted by molar-refractivity contribution is -0.133. The van der Waals surface area contributed by atoms with Crippen molar-refractivity contribution < 1.29 is 29.1 Å². The number of nitrogens with two attached hydrogens (primary N) is 2. The first-order chi connectivity index (χ1) is 20.6. The summed E-state index contributed by atoms with van der Waals surface area (Å²) >= 11 is 0. The topological polar surface area (TPSA) is 206 Å². The van der Waals surface area contributed by atoms with Gasteiger partial charge in [0.2, 0.25) is 29.5 Å². The van der Waals surface area contributed by atoms with E-state index in [9.17, 15) is 29.1 Å². The summed E-state index contributed by atoms with van der Waals surface area (Å²) in [6.07, 6.45) is 0.336. The number of aryl methyl sites for hydroxylation is 2. The van der Waals surface area contributed by atoms with E-state index in [0.29, 0.717) is 0 Å². The molecule has 2 aromatic carbocycles. The lowest BCUT2D eigenvalue weighted by Crippen LogP contribution is -2.58. The zero-order chi connectivity index (χ0) is 33.1. The Morgan fingerprint density at radius 2 is 1.34 bits per heavy atom. The van der Waals surface area contributed by atoms with Gasteiger partial charge >= 0.3 is 0 Å². The minimum Gasteiger partial charge on any atom is -0.508 e. The third-order valence-corrected chi connectivity index (χ3v) is 7.32. The molecule has 0 fully saturated rings. The quantitative estimate of drug-likeness (QED) is 0.152. The van der Waals surface area contributed by atoms with E-state index in [-0.39, 0.29) is 30.4 Å². The molecular formula is C32H46N6O6. The van der Waals surface area contributed by atoms with E-state index in [1.54, 1.807) is 52.0 Å². The normalized spacial score (nSPS) is 13.8. The van der Waals surface area contributed by atoms with Crippen molar-refractivity contribution in [2.45, 2.75) is 78.6 Å². The van der Waals surface area contributed by atoms with Gasteiger partial charge in [0.05, 0.1) is 12.6 Å². The van der Waals surface area contributed by atoms with Crippen molar-refractivity contribution in [3.05, 3.63) is 64.7 Å². The first kappa shape index (κ1) is 35.7. The zero-order valence-corrected chi connectivity index (χ0v) is 26.3. The van der Waals surface area contributed by atoms with Crippen LogP contribution < -0.4 is 32.7 Å². The monoisotopic (exact) mass is 610 g/mol. The summed E-state index contributed by atoms with van der Waals surface area (Å²) in [5.41, 5.74) is 14.8. The smallest absolute Gasteiger partial charge is 0.243 e. The van der Waals surface area contributed by atoms with Gasteiger partial charge in [-0.2, -0.15) is 0 Å². The maximum absolute atomic E-state index is 13.3. The van der Waals surface area contributed by atoms with E-state index in [0.717, 1.165) is 22.3 Å². The molecule has 12 heteroatoms. The van der Waals surface area contributed by atoms with Crippen LogP contribution in [0.15, 0.2) is 42.5 Å². The fourth-order valence-corrected chi connectivity index (χ4v) is 4.80. The second-order valence-electron chi connectivity index (χ2n) is 11.8. The van der Waals surface area contributed by atoms with Crippen LogP contribution in [-0.4, -0.2) is 65.4 Å². The Labute approximate surface area is 258 Å². The van der Waals surface area contributed by atoms with Crippen LogP contribution in [-0.2, 0) is 36.8 Å². The molecule has 0 saturated carbocycles. The Kier molecular flexibility index (Phi) is 13.3. The molecule has 9 N–H and O–H groups in total. The van der Waals surface area contributed by atoms with Crippen LogP contribution in [0.4, 0.5) is 0 Å². The molecule has 0 aliphatic heterocycles. The van der Waals surface area contributed by atoms with Crippen molar-refractivity contribution in [1.29, 1.82) is 0 Å². The largest absolute Gasteiger partial charge is 0.508 e. The number of carbonyl (C=O) groups excluding carboxylic acids is 5. The molecule has 5 amide bonds. The molecule has 0 aliphatic rings. The van der Waals surface area contributed by atoms with Gasteiger partial charge in [0, 0.05) is 6.42 Å². The van der Waals surface area contributed by atoms with Gasteiger partial charge in [0.15, 0.2) is 0 Å². The predicted octanol–water partition coefficient (Wildman–Crippen LogP) is 0.489. The number of phenols is 1. The van der Waals surface area contributed by atoms with Crippen molar-refractivity contribution >= 4 is 29.5 Å². The molecule has 0 radical (unpaired) electrons. The number of phenolic OH excluding ortho intramolecular Hbond substituents is 1. The van der Waals surface area contributed by atoms with Crippen molar-refractivity contribution in [2.24, 2.45) is 23.3 Å². The Morgan fingerprint density at radius 1 is 0.773 bits per heavy atom. The van der Waals surface area contributed by atoms with Crippen molar-refractivity contribution in [3.63, 3.8) is 0 Å². The summed E-state index contributed by atoms with van der Waals surface area (Å²) in [5.74, 6) is -3.51. The second kappa shape index (κ2) is 16.4. The number of benzene rings is 2. The van der Waals surface area contributed by atoms with Gasteiger partial charge in [-0.25, -0.2) is 0 Å². The maximum Gasteiger partial charge on any atom is 0.243 e. The van der Waals surface area contributed by atoms with Gasteiger partial charge in [-0.1, -0.05) is 58.0 Å². The lowest BCUT2D eigenvalue weighted by atomic mass is 9.95. The molecule has 0 aromatic heterocycles. The van der Waals surface area contributed by atoms with Gasteiger partial charge in [-0.05, 0) is 66.5 Å². The molecule has 240 valence electrons. The molecule has 0 unspecified atom stereocenters. The molecule has 44 heavy (non-hydrogen) atoms. The Morgan fingerprint density at radius 3 is 1.86 bits per heavy atom. The number of hydrogen-bond donors (Lipinski definition) is 7. The number of rotatable bonds is 15. The summed E-state index contributed by atoms with van der Waals surface area (Å²) in [6.45, 7) is 10.1. The molecule has 0 aliphatic carbocycles. The Balaban J connectivity index is 2.10. The minimum absolute atomic E-state index is 0.121. The van der Waals surface area contributed by atoms with E-state index < -0.39 is 60.2 Å². The van der Waals surface area contributed by atoms with Crippen molar-refractivity contribution in [3.8, 4) is 5.75 Å². The van der Waals surface area contributed by atoms with Crippen LogP contribution >= 0.6 is 0 Å². The van der Waals surface area contributed by atoms with Gasteiger partial charge in [-0.15, -0.1) is 0 Å². The number of primary amides is 1. The van der Waals surface area contributed by atoms with Crippen molar-refractivity contribution in [2.75, 3.05) is 6.54 Å². The summed E-state index contributed by atoms with van der Waals surface area (Å²) in [7, 11) is 0. The molecular weight excluding hydrogens is 564 g/mol. The highest BCUT2D eigenvalue weighted by Crippen LogP contribution is 2.22. The average Bonchev–Trinajstić information content (AvgIpc) is 2.94. The molecule has 2 rings (SSSR count). The molecule has 0 bridgehead atoms. The minimum atomic E-state index is -1.04. The van der Waals surface area contributed by atoms with E-state index in [1.807, 2.05) is 32.0 Å². The van der Waals surface area contributed by atoms with Gasteiger partial charge < -0.3 is 37.8 Å². The van der Waals surface area contributed by atoms with E-state index in [2.05, 4.69) is 21.3 Å². The first-order valence-corrected chi connectivity index (χ1v) is 14.7. The van der Waals surface area contributed by atoms with Gasteiger partial charge in [0.1, 0.15) is 23.9 Å². The number of carbonyl (C=O) groups is 5. The second-order valence-corrected chi connectivity index (χ2v) is 11.8. The summed E-state index contributed by atoms with van der Waals surface area (Å²) < 4.78 is 0. The molecule has 0 saturated heterocycles. The lowest BCUT2D eigenvalue weighted by Gasteiger charge is -2.26. The van der Waals surface area contributed by atoms with Crippen LogP contribution in [0.2, 0.25) is 0 Å². The SMILES string of the molecule is Cc1cc(O)cc(C)c1C[C@@H](N)C(=O)N[C@@H](Cc1ccccc1)C(=O)NCC(=O)N[C@H](C(=O)N[C@H](C(N)=O)C(C)C)C(C)C. The van der Waals surface area contributed by atoms with Gasteiger partial charge in [0.25, 0.3) is 0 Å². The van der Waals surface area contributed by atoms with E-state index >= 15 is 0 Å². The van der Waals surface area contributed by atoms with E-state index in [4.69, 9.17) is 11.5 Å². The van der Waals surface area contributed by atoms with Crippen LogP contribution in [0.5, 0.6) is 5.75 Å². The van der Waals surface area contributed by atoms with Gasteiger partial charge in [-0.3, -0.25) is 24.0 Å². The van der Waals surface area contributed by atoms with E-state index in [1.165, 1.54) is 0 Å². The third-order valence-electron chi connectivity index (χ3n) is 7.32. The van der Waals surface area contributed by atoms with Crippen LogP contribution in [0.25, 0.3) is 0 Å². The highest BCUT2D eigenvalue weighted by molar-refractivity contribution is 5.94. The number of amides is 5. The highest BCUT2D eigenvalue weighted by Gasteiger charge is 2.30. The van der Waals surface area contributed by atoms with Crippen LogP contribution in [0, 0.1) is 25.7 Å². The zero-order valence-electron chi connectivity index (χ0n) is 26.3. The molecule has 4 atom stereocenters. The standard InChI is InChI=1S/C32H46N6O6/c1-17(2)27(29(34)41)38-32(44)28(18(3)4)37-26(40)16-35-31(43)25(14-21-10-8-7-9-11-21)36-30(42)24(33)15-23-19(5)12-22(39)13-20(23)6/h7-13,17-18,24-25,27-28,39H,14-16,33H2,1-6H3,(H2,34,41)(H,35,43)(H,36,42)(H,37,40)(H,38,44)/t24-,25+,27+,28+/m1/s1. The molecule has 12 nitrogen and oxygen atoms in total. The third kappa shape index (κ3) is 10.7. The Hall–Kier alpha value is -4.45. The van der Waals surface area contributed by atoms with Crippen molar-refractivity contribution in [1.82, 2.24) is 21.3 Å².